The molecule has 26 heavy (non-hydrogen) atoms. The van der Waals surface area contributed by atoms with Gasteiger partial charge < -0.3 is 14.8 Å². The van der Waals surface area contributed by atoms with Crippen LogP contribution in [0.4, 0.5) is 5.69 Å². The van der Waals surface area contributed by atoms with Crippen LogP contribution in [-0.2, 0) is 4.79 Å². The molecule has 0 atom stereocenters. The molecule has 0 radical (unpaired) electrons. The minimum Gasteiger partial charge on any atom is -0.454 e. The minimum atomic E-state index is -0.0839. The van der Waals surface area contributed by atoms with E-state index in [-0.39, 0.29) is 12.7 Å². The van der Waals surface area contributed by atoms with E-state index in [1.54, 1.807) is 18.2 Å². The minimum absolute atomic E-state index is 0.0839. The summed E-state index contributed by atoms with van der Waals surface area (Å²) in [7, 11) is 0. The Hall–Kier alpha value is -2.73. The number of nitrogens with one attached hydrogen (secondary N) is 1. The first kappa shape index (κ1) is 16.7. The average molecular weight is 366 g/mol. The zero-order chi connectivity index (χ0) is 18.1. The Morgan fingerprint density at radius 2 is 1.96 bits per heavy atom. The zero-order valence-corrected chi connectivity index (χ0v) is 15.4. The van der Waals surface area contributed by atoms with E-state index in [0.717, 1.165) is 21.5 Å². The molecule has 0 spiro atoms. The number of aryl methyl sites for hydroxylation is 2. The summed E-state index contributed by atoms with van der Waals surface area (Å²) in [6.07, 6.45) is 0. The number of carbonyl (C=O) groups excluding carboxylic acids is 1. The van der Waals surface area contributed by atoms with E-state index < -0.39 is 0 Å². The molecular formula is C20H18N2O3S. The number of pyridine rings is 1. The zero-order valence-electron chi connectivity index (χ0n) is 14.5. The van der Waals surface area contributed by atoms with E-state index in [1.807, 2.05) is 13.8 Å². The SMILES string of the molecule is Cc1ccc2cc(C)c(SCC(=O)Nc3ccc4c(c3)OCO4)nc2c1. The van der Waals surface area contributed by atoms with Crippen molar-refractivity contribution in [2.24, 2.45) is 0 Å². The first-order valence-electron chi connectivity index (χ1n) is 8.29. The summed E-state index contributed by atoms with van der Waals surface area (Å²) in [5, 5.41) is 4.88. The van der Waals surface area contributed by atoms with Crippen LogP contribution in [0, 0.1) is 13.8 Å². The predicted octanol–water partition coefficient (Wildman–Crippen LogP) is 4.31. The number of rotatable bonds is 4. The van der Waals surface area contributed by atoms with Crippen LogP contribution in [0.1, 0.15) is 11.1 Å². The highest BCUT2D eigenvalue weighted by Gasteiger charge is 2.14. The number of nitrogens with zero attached hydrogens (tertiary/aromatic N) is 1. The summed E-state index contributed by atoms with van der Waals surface area (Å²) >= 11 is 1.44. The van der Waals surface area contributed by atoms with E-state index in [0.29, 0.717) is 22.9 Å². The molecule has 132 valence electrons. The van der Waals surface area contributed by atoms with E-state index in [4.69, 9.17) is 14.5 Å². The Morgan fingerprint density at radius 1 is 1.12 bits per heavy atom. The molecule has 1 aliphatic rings. The van der Waals surface area contributed by atoms with Crippen LogP contribution in [0.25, 0.3) is 10.9 Å². The number of anilines is 1. The second kappa shape index (κ2) is 6.88. The van der Waals surface area contributed by atoms with Crippen LogP contribution >= 0.6 is 11.8 Å². The largest absolute Gasteiger partial charge is 0.454 e. The molecule has 0 unspecified atom stereocenters. The van der Waals surface area contributed by atoms with Gasteiger partial charge in [0, 0.05) is 17.1 Å². The quantitative estimate of drug-likeness (QED) is 0.697. The Morgan fingerprint density at radius 3 is 2.85 bits per heavy atom. The maximum atomic E-state index is 12.3. The van der Waals surface area contributed by atoms with Gasteiger partial charge in [-0.25, -0.2) is 4.98 Å². The van der Waals surface area contributed by atoms with E-state index in [9.17, 15) is 4.79 Å². The molecule has 0 saturated carbocycles. The fourth-order valence-corrected chi connectivity index (χ4v) is 3.61. The van der Waals surface area contributed by atoms with Crippen molar-refractivity contribution in [2.45, 2.75) is 18.9 Å². The molecule has 3 aromatic rings. The monoisotopic (exact) mass is 366 g/mol. The van der Waals surface area contributed by atoms with Crippen molar-refractivity contribution >= 4 is 34.3 Å². The molecule has 0 bridgehead atoms. The van der Waals surface area contributed by atoms with Crippen LogP contribution in [0.2, 0.25) is 0 Å². The number of hydrogen-bond donors (Lipinski definition) is 1. The molecule has 1 N–H and O–H groups in total. The van der Waals surface area contributed by atoms with Crippen molar-refractivity contribution in [1.82, 2.24) is 4.98 Å². The van der Waals surface area contributed by atoms with Crippen LogP contribution in [-0.4, -0.2) is 23.4 Å². The third kappa shape index (κ3) is 3.46. The highest BCUT2D eigenvalue weighted by Crippen LogP contribution is 2.34. The fourth-order valence-electron chi connectivity index (χ4n) is 2.82. The number of ether oxygens (including phenoxy) is 2. The van der Waals surface area contributed by atoms with Gasteiger partial charge in [-0.15, -0.1) is 0 Å². The number of fused-ring (bicyclic) bond motifs is 2. The second-order valence-electron chi connectivity index (χ2n) is 6.21. The lowest BCUT2D eigenvalue weighted by Gasteiger charge is -2.09. The average Bonchev–Trinajstić information content (AvgIpc) is 3.08. The molecule has 1 aromatic heterocycles. The highest BCUT2D eigenvalue weighted by molar-refractivity contribution is 8.00. The molecule has 4 rings (SSSR count). The first-order chi connectivity index (χ1) is 12.6. The number of thioether (sulfide) groups is 1. The summed E-state index contributed by atoms with van der Waals surface area (Å²) < 4.78 is 10.6. The summed E-state index contributed by atoms with van der Waals surface area (Å²) in [5.41, 5.74) is 3.89. The van der Waals surface area contributed by atoms with E-state index >= 15 is 0 Å². The summed E-state index contributed by atoms with van der Waals surface area (Å²) in [5.74, 6) is 1.56. The standard InChI is InChI=1S/C20H18N2O3S/c1-12-3-4-14-8-13(2)20(22-16(14)7-12)26-10-19(23)21-15-5-6-17-18(9-15)25-11-24-17/h3-9H,10-11H2,1-2H3,(H,21,23). The third-order valence-corrected chi connectivity index (χ3v) is 5.21. The molecule has 2 aromatic carbocycles. The first-order valence-corrected chi connectivity index (χ1v) is 9.27. The lowest BCUT2D eigenvalue weighted by molar-refractivity contribution is -0.113. The molecule has 0 saturated heterocycles. The van der Waals surface area contributed by atoms with Gasteiger partial charge in [-0.2, -0.15) is 0 Å². The van der Waals surface area contributed by atoms with Crippen LogP contribution < -0.4 is 14.8 Å². The molecule has 1 amide bonds. The number of benzene rings is 2. The van der Waals surface area contributed by atoms with E-state index in [2.05, 4.69) is 29.6 Å². The summed E-state index contributed by atoms with van der Waals surface area (Å²) in [6, 6.07) is 13.7. The highest BCUT2D eigenvalue weighted by atomic mass is 32.2. The maximum absolute atomic E-state index is 12.3. The van der Waals surface area contributed by atoms with Gasteiger partial charge in [0.1, 0.15) is 5.03 Å². The Bertz CT molecular complexity index is 1000. The van der Waals surface area contributed by atoms with Gasteiger partial charge in [0.15, 0.2) is 11.5 Å². The summed E-state index contributed by atoms with van der Waals surface area (Å²) in [6.45, 7) is 4.28. The van der Waals surface area contributed by atoms with Crippen LogP contribution in [0.5, 0.6) is 11.5 Å². The number of hydrogen-bond acceptors (Lipinski definition) is 5. The van der Waals surface area contributed by atoms with Crippen molar-refractivity contribution in [3.8, 4) is 11.5 Å². The number of amides is 1. The van der Waals surface area contributed by atoms with Crippen molar-refractivity contribution in [3.63, 3.8) is 0 Å². The van der Waals surface area contributed by atoms with Gasteiger partial charge in [-0.05, 0) is 49.2 Å². The van der Waals surface area contributed by atoms with Crippen LogP contribution in [0.15, 0.2) is 47.5 Å². The van der Waals surface area contributed by atoms with Gasteiger partial charge in [0.25, 0.3) is 0 Å². The topological polar surface area (TPSA) is 60.5 Å². The van der Waals surface area contributed by atoms with Gasteiger partial charge in [-0.1, -0.05) is 23.9 Å². The van der Waals surface area contributed by atoms with Gasteiger partial charge in [0.05, 0.1) is 11.3 Å². The lowest BCUT2D eigenvalue weighted by Crippen LogP contribution is -2.14. The van der Waals surface area contributed by atoms with Crippen molar-refractivity contribution in [2.75, 3.05) is 17.9 Å². The Balaban J connectivity index is 1.44. The fraction of sp³-hybridized carbons (Fsp3) is 0.200. The second-order valence-corrected chi connectivity index (χ2v) is 7.18. The number of carbonyl (C=O) groups is 1. The molecule has 1 aliphatic heterocycles. The lowest BCUT2D eigenvalue weighted by atomic mass is 10.1. The van der Waals surface area contributed by atoms with Crippen molar-refractivity contribution in [3.05, 3.63) is 53.6 Å². The van der Waals surface area contributed by atoms with Crippen molar-refractivity contribution < 1.29 is 14.3 Å². The third-order valence-electron chi connectivity index (χ3n) is 4.11. The maximum Gasteiger partial charge on any atom is 0.234 e. The van der Waals surface area contributed by atoms with Gasteiger partial charge in [0.2, 0.25) is 12.7 Å². The Labute approximate surface area is 155 Å². The summed E-state index contributed by atoms with van der Waals surface area (Å²) in [4.78, 5) is 17.0. The molecule has 6 heteroatoms. The molecular weight excluding hydrogens is 348 g/mol. The molecule has 2 heterocycles. The smallest absolute Gasteiger partial charge is 0.234 e. The Kier molecular flexibility index (Phi) is 4.42. The van der Waals surface area contributed by atoms with Gasteiger partial charge in [-0.3, -0.25) is 4.79 Å². The van der Waals surface area contributed by atoms with Crippen molar-refractivity contribution in [1.29, 1.82) is 0 Å². The van der Waals surface area contributed by atoms with Crippen LogP contribution in [0.3, 0.4) is 0 Å². The molecule has 0 aliphatic carbocycles. The number of aromatic nitrogens is 1. The van der Waals surface area contributed by atoms with Gasteiger partial charge >= 0.3 is 0 Å². The normalized spacial score (nSPS) is 12.4. The van der Waals surface area contributed by atoms with E-state index in [1.165, 1.54) is 17.3 Å². The molecule has 5 nitrogen and oxygen atoms in total. The predicted molar refractivity (Wildman–Crippen MR) is 103 cm³/mol. The molecule has 0 fully saturated rings.